The van der Waals surface area contributed by atoms with Gasteiger partial charge in [-0.3, -0.25) is 0 Å². The first kappa shape index (κ1) is 12.7. The summed E-state index contributed by atoms with van der Waals surface area (Å²) in [4.78, 5) is 0. The topological polar surface area (TPSA) is 32.3 Å². The Bertz CT molecular complexity index is 570. The molecular formula is C14H13ClFNO. The molecule has 0 aliphatic carbocycles. The maximum absolute atomic E-state index is 13.5. The molecule has 0 saturated heterocycles. The fourth-order valence-electron chi connectivity index (χ4n) is 1.67. The van der Waals surface area contributed by atoms with Gasteiger partial charge in [0.25, 0.3) is 0 Å². The van der Waals surface area contributed by atoms with Crippen LogP contribution in [0.25, 0.3) is 0 Å². The van der Waals surface area contributed by atoms with Gasteiger partial charge in [0.05, 0.1) is 10.7 Å². The smallest absolute Gasteiger partial charge is 0.146 e. The van der Waals surface area contributed by atoms with E-state index in [-0.39, 0.29) is 11.6 Å². The summed E-state index contributed by atoms with van der Waals surface area (Å²) in [5.74, 6) is -0.290. The fraction of sp³-hybridized carbons (Fsp3) is 0.143. The Balaban J connectivity index is 2.16. The molecule has 0 spiro atoms. The second-order valence-corrected chi connectivity index (χ2v) is 4.49. The molecule has 0 saturated carbocycles. The average molecular weight is 266 g/mol. The van der Waals surface area contributed by atoms with Crippen molar-refractivity contribution in [3.8, 4) is 5.75 Å². The summed E-state index contributed by atoms with van der Waals surface area (Å²) in [6.07, 6.45) is 0. The summed E-state index contributed by atoms with van der Waals surface area (Å²) in [5, 5.41) is 13.0. The maximum Gasteiger partial charge on any atom is 0.146 e. The van der Waals surface area contributed by atoms with Gasteiger partial charge in [0.2, 0.25) is 0 Å². The third-order valence-corrected chi connectivity index (χ3v) is 2.97. The Hall–Kier alpha value is -1.74. The predicted octanol–water partition coefficient (Wildman–Crippen LogP) is 4.11. The van der Waals surface area contributed by atoms with E-state index in [0.717, 1.165) is 5.56 Å². The molecule has 0 amide bonds. The summed E-state index contributed by atoms with van der Waals surface area (Å²) in [7, 11) is 0. The summed E-state index contributed by atoms with van der Waals surface area (Å²) >= 11 is 5.80. The van der Waals surface area contributed by atoms with Crippen molar-refractivity contribution in [2.75, 3.05) is 5.32 Å². The van der Waals surface area contributed by atoms with Crippen molar-refractivity contribution in [2.24, 2.45) is 0 Å². The highest BCUT2D eigenvalue weighted by molar-refractivity contribution is 6.32. The van der Waals surface area contributed by atoms with E-state index in [0.29, 0.717) is 22.8 Å². The number of rotatable bonds is 3. The van der Waals surface area contributed by atoms with Gasteiger partial charge in [-0.25, -0.2) is 4.39 Å². The molecule has 0 fully saturated rings. The molecule has 0 aromatic heterocycles. The number of nitrogens with one attached hydrogen (secondary N) is 1. The molecule has 4 heteroatoms. The van der Waals surface area contributed by atoms with Crippen molar-refractivity contribution in [3.05, 3.63) is 58.4 Å². The van der Waals surface area contributed by atoms with E-state index >= 15 is 0 Å². The normalized spacial score (nSPS) is 10.4. The Labute approximate surface area is 110 Å². The lowest BCUT2D eigenvalue weighted by Crippen LogP contribution is -2.02. The van der Waals surface area contributed by atoms with Crippen LogP contribution in [0.5, 0.6) is 5.75 Å². The number of phenolic OH excluding ortho intramolecular Hbond substituents is 1. The maximum atomic E-state index is 13.5. The summed E-state index contributed by atoms with van der Waals surface area (Å²) in [6.45, 7) is 2.20. The third-order valence-electron chi connectivity index (χ3n) is 2.66. The van der Waals surface area contributed by atoms with E-state index in [1.807, 2.05) is 6.92 Å². The van der Waals surface area contributed by atoms with Crippen LogP contribution in [0.1, 0.15) is 11.1 Å². The van der Waals surface area contributed by atoms with E-state index < -0.39 is 0 Å². The predicted molar refractivity (Wildman–Crippen MR) is 71.6 cm³/mol. The van der Waals surface area contributed by atoms with Crippen molar-refractivity contribution in [2.45, 2.75) is 13.5 Å². The molecule has 2 nitrogen and oxygen atoms in total. The molecule has 0 bridgehead atoms. The van der Waals surface area contributed by atoms with Crippen molar-refractivity contribution in [3.63, 3.8) is 0 Å². The van der Waals surface area contributed by atoms with Gasteiger partial charge in [0.1, 0.15) is 11.6 Å². The minimum atomic E-state index is -0.317. The van der Waals surface area contributed by atoms with Crippen LogP contribution in [0, 0.1) is 12.7 Å². The molecule has 2 aromatic rings. The third kappa shape index (κ3) is 2.74. The van der Waals surface area contributed by atoms with Crippen molar-refractivity contribution in [1.29, 1.82) is 0 Å². The molecule has 94 valence electrons. The number of hydrogen-bond donors (Lipinski definition) is 2. The highest BCUT2D eigenvalue weighted by atomic mass is 35.5. The molecule has 0 radical (unpaired) electrons. The Kier molecular flexibility index (Phi) is 3.72. The molecular weight excluding hydrogens is 253 g/mol. The molecule has 18 heavy (non-hydrogen) atoms. The van der Waals surface area contributed by atoms with Crippen LogP contribution < -0.4 is 5.32 Å². The van der Waals surface area contributed by atoms with Crippen molar-refractivity contribution >= 4 is 17.3 Å². The Morgan fingerprint density at radius 2 is 2.06 bits per heavy atom. The van der Waals surface area contributed by atoms with Gasteiger partial charge in [0, 0.05) is 12.1 Å². The summed E-state index contributed by atoms with van der Waals surface area (Å²) in [5.41, 5.74) is 2.01. The number of hydrogen-bond acceptors (Lipinski definition) is 2. The largest absolute Gasteiger partial charge is 0.506 e. The zero-order chi connectivity index (χ0) is 13.1. The number of para-hydroxylation sites is 1. The van der Waals surface area contributed by atoms with Gasteiger partial charge in [-0.15, -0.1) is 0 Å². The molecule has 0 aliphatic heterocycles. The van der Waals surface area contributed by atoms with Crippen LogP contribution in [-0.4, -0.2) is 5.11 Å². The monoisotopic (exact) mass is 265 g/mol. The van der Waals surface area contributed by atoms with Crippen molar-refractivity contribution in [1.82, 2.24) is 0 Å². The molecule has 0 heterocycles. The average Bonchev–Trinajstić information content (AvgIpc) is 2.35. The van der Waals surface area contributed by atoms with Gasteiger partial charge < -0.3 is 10.4 Å². The molecule has 0 aliphatic rings. The quantitative estimate of drug-likeness (QED) is 0.875. The van der Waals surface area contributed by atoms with Crippen LogP contribution in [-0.2, 0) is 6.54 Å². The number of aryl methyl sites for hydroxylation is 1. The second-order valence-electron chi connectivity index (χ2n) is 4.08. The standard InChI is InChI=1S/C14H13ClFNO/c1-9-5-6-12(16)13(7-9)17-8-10-3-2-4-11(15)14(10)18/h2-7,17-18H,8H2,1H3. The van der Waals surface area contributed by atoms with Crippen LogP contribution >= 0.6 is 11.6 Å². The molecule has 2 rings (SSSR count). The molecule has 0 unspecified atom stereocenters. The first-order valence-corrected chi connectivity index (χ1v) is 5.92. The van der Waals surface area contributed by atoms with Gasteiger partial charge >= 0.3 is 0 Å². The Morgan fingerprint density at radius 3 is 2.83 bits per heavy atom. The zero-order valence-electron chi connectivity index (χ0n) is 9.87. The minimum absolute atomic E-state index is 0.0275. The number of anilines is 1. The SMILES string of the molecule is Cc1ccc(F)c(NCc2cccc(Cl)c2O)c1. The summed E-state index contributed by atoms with van der Waals surface area (Å²) < 4.78 is 13.5. The van der Waals surface area contributed by atoms with E-state index in [9.17, 15) is 9.50 Å². The molecule has 2 N–H and O–H groups in total. The number of benzene rings is 2. The lowest BCUT2D eigenvalue weighted by Gasteiger charge is -2.10. The first-order chi connectivity index (χ1) is 8.58. The summed E-state index contributed by atoms with van der Waals surface area (Å²) in [6, 6.07) is 9.92. The van der Waals surface area contributed by atoms with E-state index in [4.69, 9.17) is 11.6 Å². The van der Waals surface area contributed by atoms with Gasteiger partial charge in [-0.2, -0.15) is 0 Å². The fourth-order valence-corrected chi connectivity index (χ4v) is 1.86. The minimum Gasteiger partial charge on any atom is -0.506 e. The Morgan fingerprint density at radius 1 is 1.28 bits per heavy atom. The highest BCUT2D eigenvalue weighted by Gasteiger charge is 2.06. The second kappa shape index (κ2) is 5.27. The number of halogens is 2. The highest BCUT2D eigenvalue weighted by Crippen LogP contribution is 2.27. The van der Waals surface area contributed by atoms with Crippen LogP contribution in [0.15, 0.2) is 36.4 Å². The van der Waals surface area contributed by atoms with Gasteiger partial charge in [-0.1, -0.05) is 29.8 Å². The molecule has 0 atom stereocenters. The van der Waals surface area contributed by atoms with E-state index in [1.54, 1.807) is 30.3 Å². The lowest BCUT2D eigenvalue weighted by molar-refractivity contribution is 0.469. The van der Waals surface area contributed by atoms with E-state index in [1.165, 1.54) is 6.07 Å². The van der Waals surface area contributed by atoms with Crippen LogP contribution in [0.2, 0.25) is 5.02 Å². The zero-order valence-corrected chi connectivity index (χ0v) is 10.6. The first-order valence-electron chi connectivity index (χ1n) is 5.54. The van der Waals surface area contributed by atoms with Crippen LogP contribution in [0.3, 0.4) is 0 Å². The number of aromatic hydroxyl groups is 1. The van der Waals surface area contributed by atoms with E-state index in [2.05, 4.69) is 5.32 Å². The molecule has 2 aromatic carbocycles. The van der Waals surface area contributed by atoms with Crippen LogP contribution in [0.4, 0.5) is 10.1 Å². The number of phenols is 1. The van der Waals surface area contributed by atoms with Gasteiger partial charge in [0.15, 0.2) is 0 Å². The lowest BCUT2D eigenvalue weighted by atomic mass is 10.1. The van der Waals surface area contributed by atoms with Crippen molar-refractivity contribution < 1.29 is 9.50 Å². The van der Waals surface area contributed by atoms with Gasteiger partial charge in [-0.05, 0) is 30.7 Å².